The van der Waals surface area contributed by atoms with E-state index in [1.165, 1.54) is 43.2 Å². The van der Waals surface area contributed by atoms with Crippen LogP contribution in [0.15, 0.2) is 18.2 Å². The molecule has 0 bridgehead atoms. The molecule has 2 aliphatic rings. The van der Waals surface area contributed by atoms with E-state index in [9.17, 15) is 5.11 Å². The molecule has 3 rings (SSSR count). The van der Waals surface area contributed by atoms with Gasteiger partial charge in [-0.25, -0.2) is 0 Å². The summed E-state index contributed by atoms with van der Waals surface area (Å²) >= 11 is 0. The quantitative estimate of drug-likeness (QED) is 0.868. The fraction of sp³-hybridized carbons (Fsp3) is 0.625. The SMILES string of the molecule is O[C@H]1CCCC[C@@H]1Oc1ccc2c(c1)CCCC2. The summed E-state index contributed by atoms with van der Waals surface area (Å²) in [7, 11) is 0. The molecule has 1 saturated carbocycles. The van der Waals surface area contributed by atoms with Crippen LogP contribution in [0.1, 0.15) is 49.7 Å². The minimum absolute atomic E-state index is 0.000362. The first-order valence-electron chi connectivity index (χ1n) is 7.29. The Morgan fingerprint density at radius 2 is 1.72 bits per heavy atom. The molecule has 18 heavy (non-hydrogen) atoms. The lowest BCUT2D eigenvalue weighted by atomic mass is 9.91. The Morgan fingerprint density at radius 3 is 2.56 bits per heavy atom. The Kier molecular flexibility index (Phi) is 3.55. The summed E-state index contributed by atoms with van der Waals surface area (Å²) in [4.78, 5) is 0. The minimum atomic E-state index is -0.283. The van der Waals surface area contributed by atoms with Gasteiger partial charge in [-0.15, -0.1) is 0 Å². The maximum Gasteiger partial charge on any atom is 0.124 e. The van der Waals surface area contributed by atoms with Crippen molar-refractivity contribution in [2.24, 2.45) is 0 Å². The van der Waals surface area contributed by atoms with Crippen molar-refractivity contribution in [3.63, 3.8) is 0 Å². The van der Waals surface area contributed by atoms with Crippen LogP contribution in [0.2, 0.25) is 0 Å². The lowest BCUT2D eigenvalue weighted by molar-refractivity contribution is 0.00682. The van der Waals surface area contributed by atoms with Gasteiger partial charge in [0.15, 0.2) is 0 Å². The van der Waals surface area contributed by atoms with E-state index in [1.807, 2.05) is 0 Å². The summed E-state index contributed by atoms with van der Waals surface area (Å²) in [6.45, 7) is 0. The maximum atomic E-state index is 9.94. The fourth-order valence-electron chi connectivity index (χ4n) is 3.17. The van der Waals surface area contributed by atoms with Crippen molar-refractivity contribution in [2.45, 2.75) is 63.6 Å². The Labute approximate surface area is 109 Å². The molecule has 0 saturated heterocycles. The highest BCUT2D eigenvalue weighted by atomic mass is 16.5. The Balaban J connectivity index is 1.72. The zero-order valence-corrected chi connectivity index (χ0v) is 10.9. The number of fused-ring (bicyclic) bond motifs is 1. The number of hydrogen-bond acceptors (Lipinski definition) is 2. The number of rotatable bonds is 2. The van der Waals surface area contributed by atoms with Gasteiger partial charge in [0.1, 0.15) is 11.9 Å². The highest BCUT2D eigenvalue weighted by molar-refractivity contribution is 5.37. The second-order valence-electron chi connectivity index (χ2n) is 5.65. The van der Waals surface area contributed by atoms with E-state index >= 15 is 0 Å². The topological polar surface area (TPSA) is 29.5 Å². The van der Waals surface area contributed by atoms with Gasteiger partial charge in [0.05, 0.1) is 6.10 Å². The lowest BCUT2D eigenvalue weighted by Crippen LogP contribution is -2.34. The molecule has 1 N–H and O–H groups in total. The monoisotopic (exact) mass is 246 g/mol. The van der Waals surface area contributed by atoms with Crippen LogP contribution in [-0.2, 0) is 12.8 Å². The third kappa shape index (κ3) is 2.54. The first-order valence-corrected chi connectivity index (χ1v) is 7.29. The number of aliphatic hydroxyl groups excluding tert-OH is 1. The molecule has 0 amide bonds. The van der Waals surface area contributed by atoms with Crippen LogP contribution in [0.25, 0.3) is 0 Å². The van der Waals surface area contributed by atoms with Gasteiger partial charge < -0.3 is 9.84 Å². The summed E-state index contributed by atoms with van der Waals surface area (Å²) in [5.74, 6) is 0.946. The van der Waals surface area contributed by atoms with Gasteiger partial charge in [-0.2, -0.15) is 0 Å². The van der Waals surface area contributed by atoms with Gasteiger partial charge >= 0.3 is 0 Å². The summed E-state index contributed by atoms with van der Waals surface area (Å²) < 4.78 is 5.98. The number of aliphatic hydroxyl groups is 1. The van der Waals surface area contributed by atoms with Gasteiger partial charge in [-0.3, -0.25) is 0 Å². The molecule has 0 spiro atoms. The van der Waals surface area contributed by atoms with Crippen molar-refractivity contribution in [1.82, 2.24) is 0 Å². The Bertz CT molecular complexity index is 414. The second-order valence-corrected chi connectivity index (χ2v) is 5.65. The summed E-state index contributed by atoms with van der Waals surface area (Å²) in [6.07, 6.45) is 8.89. The molecule has 2 aliphatic carbocycles. The predicted octanol–water partition coefficient (Wildman–Crippen LogP) is 3.25. The van der Waals surface area contributed by atoms with E-state index in [0.717, 1.165) is 25.0 Å². The molecule has 2 nitrogen and oxygen atoms in total. The number of aryl methyl sites for hydroxylation is 2. The molecule has 1 aromatic rings. The molecule has 0 unspecified atom stereocenters. The smallest absolute Gasteiger partial charge is 0.124 e. The molecule has 1 aromatic carbocycles. The van der Waals surface area contributed by atoms with E-state index in [1.54, 1.807) is 0 Å². The number of benzene rings is 1. The van der Waals surface area contributed by atoms with Gasteiger partial charge in [0.2, 0.25) is 0 Å². The molecule has 0 aromatic heterocycles. The molecule has 2 heteroatoms. The largest absolute Gasteiger partial charge is 0.488 e. The lowest BCUT2D eigenvalue weighted by Gasteiger charge is -2.28. The molecule has 2 atom stereocenters. The minimum Gasteiger partial charge on any atom is -0.488 e. The van der Waals surface area contributed by atoms with Gasteiger partial charge in [0, 0.05) is 0 Å². The highest BCUT2D eigenvalue weighted by Crippen LogP contribution is 2.28. The van der Waals surface area contributed by atoms with Crippen LogP contribution in [-0.4, -0.2) is 17.3 Å². The van der Waals surface area contributed by atoms with Crippen LogP contribution in [0.3, 0.4) is 0 Å². The van der Waals surface area contributed by atoms with Gasteiger partial charge in [-0.1, -0.05) is 12.5 Å². The zero-order valence-electron chi connectivity index (χ0n) is 10.9. The fourth-order valence-corrected chi connectivity index (χ4v) is 3.17. The van der Waals surface area contributed by atoms with E-state index in [0.29, 0.717) is 0 Å². The maximum absolute atomic E-state index is 9.94. The van der Waals surface area contributed by atoms with E-state index in [-0.39, 0.29) is 12.2 Å². The zero-order chi connectivity index (χ0) is 12.4. The van der Waals surface area contributed by atoms with E-state index < -0.39 is 0 Å². The van der Waals surface area contributed by atoms with E-state index in [2.05, 4.69) is 18.2 Å². The standard InChI is InChI=1S/C16H22O2/c17-15-7-3-4-8-16(15)18-14-10-9-12-5-1-2-6-13(12)11-14/h9-11,15-17H,1-8H2/t15-,16-/m0/s1. The number of ether oxygens (including phenoxy) is 1. The van der Waals surface area contributed by atoms with Crippen molar-refractivity contribution in [3.05, 3.63) is 29.3 Å². The van der Waals surface area contributed by atoms with Crippen LogP contribution < -0.4 is 4.74 Å². The molecule has 0 aliphatic heterocycles. The third-order valence-corrected chi connectivity index (χ3v) is 4.28. The molecular formula is C16H22O2. The molecule has 0 radical (unpaired) electrons. The summed E-state index contributed by atoms with van der Waals surface area (Å²) in [6, 6.07) is 6.47. The van der Waals surface area contributed by atoms with Crippen molar-refractivity contribution in [2.75, 3.05) is 0 Å². The average molecular weight is 246 g/mol. The van der Waals surface area contributed by atoms with Crippen molar-refractivity contribution < 1.29 is 9.84 Å². The van der Waals surface area contributed by atoms with Gasteiger partial charge in [0.25, 0.3) is 0 Å². The third-order valence-electron chi connectivity index (χ3n) is 4.28. The second kappa shape index (κ2) is 5.31. The van der Waals surface area contributed by atoms with E-state index in [4.69, 9.17) is 4.74 Å². The van der Waals surface area contributed by atoms with Crippen LogP contribution >= 0.6 is 0 Å². The van der Waals surface area contributed by atoms with Crippen molar-refractivity contribution >= 4 is 0 Å². The number of hydrogen-bond donors (Lipinski definition) is 1. The molecule has 1 fully saturated rings. The normalized spacial score (nSPS) is 27.6. The first kappa shape index (κ1) is 12.0. The summed E-state index contributed by atoms with van der Waals surface area (Å²) in [5.41, 5.74) is 2.93. The van der Waals surface area contributed by atoms with Crippen molar-refractivity contribution in [3.8, 4) is 5.75 Å². The predicted molar refractivity (Wildman–Crippen MR) is 72.0 cm³/mol. The first-order chi connectivity index (χ1) is 8.83. The van der Waals surface area contributed by atoms with Crippen molar-refractivity contribution in [1.29, 1.82) is 0 Å². The highest BCUT2D eigenvalue weighted by Gasteiger charge is 2.24. The molecule has 98 valence electrons. The Morgan fingerprint density at radius 1 is 0.944 bits per heavy atom. The Hall–Kier alpha value is -1.02. The van der Waals surface area contributed by atoms with Crippen LogP contribution in [0.4, 0.5) is 0 Å². The molecule has 0 heterocycles. The van der Waals surface area contributed by atoms with Crippen LogP contribution in [0.5, 0.6) is 5.75 Å². The average Bonchev–Trinajstić information content (AvgIpc) is 2.41. The van der Waals surface area contributed by atoms with Crippen LogP contribution in [0, 0.1) is 0 Å². The summed E-state index contributed by atoms with van der Waals surface area (Å²) in [5, 5.41) is 9.94. The molecular weight excluding hydrogens is 224 g/mol. The van der Waals surface area contributed by atoms with Gasteiger partial charge in [-0.05, 0) is 68.2 Å².